The lowest BCUT2D eigenvalue weighted by Crippen LogP contribution is -2.41. The monoisotopic (exact) mass is 315 g/mol. The maximum absolute atomic E-state index is 12.6. The van der Waals surface area contributed by atoms with Gasteiger partial charge in [-0.2, -0.15) is 8.78 Å². The van der Waals surface area contributed by atoms with Crippen molar-refractivity contribution in [2.45, 2.75) is 50.9 Å². The average molecular weight is 315 g/mol. The first-order valence-electron chi connectivity index (χ1n) is 7.58. The molecule has 124 valence electrons. The summed E-state index contributed by atoms with van der Waals surface area (Å²) in [7, 11) is 1.41. The van der Waals surface area contributed by atoms with Crippen LogP contribution in [0.15, 0.2) is 18.2 Å². The third-order valence-corrected chi connectivity index (χ3v) is 4.04. The highest BCUT2D eigenvalue weighted by Gasteiger charge is 2.28. The number of para-hydroxylation sites is 1. The van der Waals surface area contributed by atoms with Crippen LogP contribution in [0, 0.1) is 0 Å². The molecule has 1 aliphatic carbocycles. The lowest BCUT2D eigenvalue weighted by Gasteiger charge is -2.32. The molecule has 1 aromatic rings. The highest BCUT2D eigenvalue weighted by Crippen LogP contribution is 2.33. The van der Waals surface area contributed by atoms with E-state index in [-0.39, 0.29) is 11.5 Å². The summed E-state index contributed by atoms with van der Waals surface area (Å²) in [5.41, 5.74) is -0.111. The first-order chi connectivity index (χ1) is 10.5. The number of hydrogen-bond donors (Lipinski definition) is 2. The van der Waals surface area contributed by atoms with Crippen molar-refractivity contribution in [3.63, 3.8) is 0 Å². The third kappa shape index (κ3) is 4.55. The average Bonchev–Trinajstić information content (AvgIpc) is 2.49. The highest BCUT2D eigenvalue weighted by molar-refractivity contribution is 5.46. The van der Waals surface area contributed by atoms with Crippen LogP contribution in [-0.2, 0) is 6.54 Å². The predicted octanol–water partition coefficient (Wildman–Crippen LogP) is 3.08. The Labute approximate surface area is 129 Å². The van der Waals surface area contributed by atoms with E-state index < -0.39 is 12.2 Å². The summed E-state index contributed by atoms with van der Waals surface area (Å²) >= 11 is 0. The second-order valence-electron chi connectivity index (χ2n) is 5.72. The van der Waals surface area contributed by atoms with Gasteiger partial charge in [0.2, 0.25) is 0 Å². The van der Waals surface area contributed by atoms with Crippen LogP contribution in [0.3, 0.4) is 0 Å². The SMILES string of the molecule is COc1cccc(CNCC2(O)CCCCC2)c1OC(F)F. The molecular weight excluding hydrogens is 292 g/mol. The Kier molecular flexibility index (Phi) is 5.97. The maximum Gasteiger partial charge on any atom is 0.387 e. The molecular formula is C16H23F2NO3. The van der Waals surface area contributed by atoms with E-state index in [4.69, 9.17) is 4.74 Å². The number of benzene rings is 1. The van der Waals surface area contributed by atoms with E-state index in [9.17, 15) is 13.9 Å². The Morgan fingerprint density at radius 1 is 1.27 bits per heavy atom. The van der Waals surface area contributed by atoms with Crippen LogP contribution < -0.4 is 14.8 Å². The van der Waals surface area contributed by atoms with Gasteiger partial charge in [0.1, 0.15) is 0 Å². The summed E-state index contributed by atoms with van der Waals surface area (Å²) in [6.07, 6.45) is 4.76. The molecule has 2 N–H and O–H groups in total. The molecule has 1 fully saturated rings. The van der Waals surface area contributed by atoms with Gasteiger partial charge in [0.05, 0.1) is 12.7 Å². The summed E-state index contributed by atoms with van der Waals surface area (Å²) in [6.45, 7) is -2.13. The standard InChI is InChI=1S/C16H23F2NO3/c1-21-13-7-5-6-12(14(13)22-15(17)18)10-19-11-16(20)8-3-2-4-9-16/h5-7,15,19-20H,2-4,8-11H2,1H3. The molecule has 0 amide bonds. The zero-order valence-electron chi connectivity index (χ0n) is 12.8. The van der Waals surface area contributed by atoms with Gasteiger partial charge in [-0.25, -0.2) is 0 Å². The third-order valence-electron chi connectivity index (χ3n) is 4.04. The normalized spacial score (nSPS) is 17.5. The van der Waals surface area contributed by atoms with Crippen molar-refractivity contribution >= 4 is 0 Å². The van der Waals surface area contributed by atoms with Crippen molar-refractivity contribution in [1.82, 2.24) is 5.32 Å². The van der Waals surface area contributed by atoms with Gasteiger partial charge < -0.3 is 19.9 Å². The Hall–Kier alpha value is -1.40. The van der Waals surface area contributed by atoms with E-state index in [2.05, 4.69) is 10.1 Å². The lowest BCUT2D eigenvalue weighted by atomic mass is 9.85. The summed E-state index contributed by atoms with van der Waals surface area (Å²) in [5.74, 6) is 0.319. The molecule has 2 rings (SSSR count). The molecule has 0 unspecified atom stereocenters. The van der Waals surface area contributed by atoms with E-state index in [0.29, 0.717) is 18.7 Å². The van der Waals surface area contributed by atoms with E-state index in [1.807, 2.05) is 0 Å². The summed E-state index contributed by atoms with van der Waals surface area (Å²) in [5, 5.41) is 13.6. The van der Waals surface area contributed by atoms with Gasteiger partial charge in [-0.15, -0.1) is 0 Å². The minimum absolute atomic E-state index is 0.0446. The number of alkyl halides is 2. The van der Waals surface area contributed by atoms with Crippen LogP contribution in [0.5, 0.6) is 11.5 Å². The molecule has 0 spiro atoms. The minimum atomic E-state index is -2.91. The fraction of sp³-hybridized carbons (Fsp3) is 0.625. The number of aliphatic hydroxyl groups is 1. The molecule has 0 bridgehead atoms. The quantitative estimate of drug-likeness (QED) is 0.812. The molecule has 0 saturated heterocycles. The van der Waals surface area contributed by atoms with Crippen molar-refractivity contribution in [1.29, 1.82) is 0 Å². The molecule has 1 aliphatic rings. The van der Waals surface area contributed by atoms with Gasteiger partial charge in [0.15, 0.2) is 11.5 Å². The lowest BCUT2D eigenvalue weighted by molar-refractivity contribution is -0.0520. The van der Waals surface area contributed by atoms with Crippen LogP contribution in [0.1, 0.15) is 37.7 Å². The first kappa shape index (κ1) is 17.0. The van der Waals surface area contributed by atoms with E-state index in [1.54, 1.807) is 18.2 Å². The molecule has 6 heteroatoms. The predicted molar refractivity (Wildman–Crippen MR) is 79.4 cm³/mol. The van der Waals surface area contributed by atoms with Gasteiger partial charge in [-0.3, -0.25) is 0 Å². The molecule has 22 heavy (non-hydrogen) atoms. The second-order valence-corrected chi connectivity index (χ2v) is 5.72. The van der Waals surface area contributed by atoms with Gasteiger partial charge in [0.25, 0.3) is 0 Å². The van der Waals surface area contributed by atoms with Crippen LogP contribution in [0.2, 0.25) is 0 Å². The van der Waals surface area contributed by atoms with E-state index in [1.165, 1.54) is 7.11 Å². The van der Waals surface area contributed by atoms with Gasteiger partial charge in [0, 0.05) is 18.7 Å². The van der Waals surface area contributed by atoms with Crippen LogP contribution >= 0.6 is 0 Å². The van der Waals surface area contributed by atoms with Crippen molar-refractivity contribution in [3.8, 4) is 11.5 Å². The fourth-order valence-electron chi connectivity index (χ4n) is 2.90. The van der Waals surface area contributed by atoms with E-state index >= 15 is 0 Å². The smallest absolute Gasteiger partial charge is 0.387 e. The molecule has 0 aliphatic heterocycles. The number of nitrogens with one attached hydrogen (secondary N) is 1. The van der Waals surface area contributed by atoms with Crippen molar-refractivity contribution in [3.05, 3.63) is 23.8 Å². The molecule has 4 nitrogen and oxygen atoms in total. The number of hydrogen-bond acceptors (Lipinski definition) is 4. The molecule has 0 radical (unpaired) electrons. The summed E-state index contributed by atoms with van der Waals surface area (Å²) in [6, 6.07) is 5.01. The van der Waals surface area contributed by atoms with Gasteiger partial charge in [-0.1, -0.05) is 31.4 Å². The topological polar surface area (TPSA) is 50.7 Å². The Balaban J connectivity index is 1.99. The van der Waals surface area contributed by atoms with Crippen LogP contribution in [0.25, 0.3) is 0 Å². The fourth-order valence-corrected chi connectivity index (χ4v) is 2.90. The largest absolute Gasteiger partial charge is 0.493 e. The molecule has 1 aromatic carbocycles. The van der Waals surface area contributed by atoms with Crippen molar-refractivity contribution in [2.24, 2.45) is 0 Å². The Morgan fingerprint density at radius 3 is 2.64 bits per heavy atom. The second kappa shape index (κ2) is 7.74. The first-order valence-corrected chi connectivity index (χ1v) is 7.58. The Bertz CT molecular complexity index is 476. The van der Waals surface area contributed by atoms with Gasteiger partial charge in [-0.05, 0) is 18.9 Å². The van der Waals surface area contributed by atoms with Crippen LogP contribution in [-0.4, -0.2) is 31.0 Å². The zero-order chi connectivity index (χ0) is 16.0. The highest BCUT2D eigenvalue weighted by atomic mass is 19.3. The summed E-state index contributed by atoms with van der Waals surface area (Å²) < 4.78 is 34.7. The van der Waals surface area contributed by atoms with Crippen molar-refractivity contribution in [2.75, 3.05) is 13.7 Å². The molecule has 0 atom stereocenters. The number of halogens is 2. The molecule has 0 aromatic heterocycles. The molecule has 0 heterocycles. The zero-order valence-corrected chi connectivity index (χ0v) is 12.8. The molecule has 1 saturated carbocycles. The number of ether oxygens (including phenoxy) is 2. The number of methoxy groups -OCH3 is 1. The number of rotatable bonds is 7. The van der Waals surface area contributed by atoms with Crippen molar-refractivity contribution < 1.29 is 23.4 Å². The summed E-state index contributed by atoms with van der Waals surface area (Å²) in [4.78, 5) is 0. The van der Waals surface area contributed by atoms with Gasteiger partial charge >= 0.3 is 6.61 Å². The maximum atomic E-state index is 12.6. The Morgan fingerprint density at radius 2 is 2.00 bits per heavy atom. The minimum Gasteiger partial charge on any atom is -0.493 e. The van der Waals surface area contributed by atoms with E-state index in [0.717, 1.165) is 32.1 Å². The van der Waals surface area contributed by atoms with Crippen LogP contribution in [0.4, 0.5) is 8.78 Å².